The van der Waals surface area contributed by atoms with Gasteiger partial charge in [-0.3, -0.25) is 0 Å². The summed E-state index contributed by atoms with van der Waals surface area (Å²) in [5.41, 5.74) is 2.29. The summed E-state index contributed by atoms with van der Waals surface area (Å²) in [6.45, 7) is 0. The Hall–Kier alpha value is -4.96. The van der Waals surface area contributed by atoms with Gasteiger partial charge in [0.05, 0.1) is 34.6 Å². The lowest BCUT2D eigenvalue weighted by Crippen LogP contribution is -1.99. The Balaban J connectivity index is 1.90. The molecule has 4 aromatic heterocycles. The molecule has 0 aliphatic heterocycles. The maximum Gasteiger partial charge on any atom is 0.200 e. The number of benzene rings is 1. The van der Waals surface area contributed by atoms with Crippen molar-refractivity contribution in [3.63, 3.8) is 0 Å². The van der Waals surface area contributed by atoms with Gasteiger partial charge in [-0.1, -0.05) is 0 Å². The van der Waals surface area contributed by atoms with Gasteiger partial charge in [0.2, 0.25) is 0 Å². The molecular formula is C20H8N10. The summed E-state index contributed by atoms with van der Waals surface area (Å²) in [6, 6.07) is 11.0. The number of pyridine rings is 2. The first-order valence-corrected chi connectivity index (χ1v) is 8.66. The van der Waals surface area contributed by atoms with Crippen LogP contribution < -0.4 is 0 Å². The van der Waals surface area contributed by atoms with Gasteiger partial charge in [-0.15, -0.1) is 10.2 Å². The first-order valence-electron chi connectivity index (χ1n) is 8.66. The van der Waals surface area contributed by atoms with Crippen molar-refractivity contribution < 1.29 is 0 Å². The highest BCUT2D eigenvalue weighted by atomic mass is 15.2. The van der Waals surface area contributed by atoms with E-state index in [-0.39, 0.29) is 11.1 Å². The Bertz CT molecular complexity index is 1390. The standard InChI is InChI=1S/C20H8N10/c21-9-13-11-1-3-15(19-23-5-7-25-29-19)27-17(11)18-12(14(13)10-22)2-4-16(28-18)20-24-6-8-26-30-20/h1-8H. The van der Waals surface area contributed by atoms with E-state index in [1.54, 1.807) is 24.3 Å². The van der Waals surface area contributed by atoms with E-state index < -0.39 is 0 Å². The van der Waals surface area contributed by atoms with Gasteiger partial charge in [-0.05, 0) is 24.3 Å². The van der Waals surface area contributed by atoms with Gasteiger partial charge in [-0.2, -0.15) is 20.7 Å². The molecule has 0 aliphatic carbocycles. The van der Waals surface area contributed by atoms with Crippen LogP contribution in [0.25, 0.3) is 44.8 Å². The van der Waals surface area contributed by atoms with Crippen molar-refractivity contribution in [2.24, 2.45) is 0 Å². The predicted molar refractivity (Wildman–Crippen MR) is 104 cm³/mol. The molecule has 0 amide bonds. The van der Waals surface area contributed by atoms with Crippen molar-refractivity contribution in [3.8, 4) is 35.2 Å². The number of fused-ring (bicyclic) bond motifs is 3. The van der Waals surface area contributed by atoms with E-state index in [0.29, 0.717) is 44.8 Å². The molecule has 0 saturated heterocycles. The minimum absolute atomic E-state index is 0.235. The van der Waals surface area contributed by atoms with Crippen LogP contribution in [0.3, 0.4) is 0 Å². The highest BCUT2D eigenvalue weighted by Gasteiger charge is 2.19. The summed E-state index contributed by atoms with van der Waals surface area (Å²) in [5.74, 6) is 0.671. The molecule has 0 bridgehead atoms. The molecule has 0 atom stereocenters. The van der Waals surface area contributed by atoms with Gasteiger partial charge in [0.25, 0.3) is 0 Å². The van der Waals surface area contributed by atoms with Gasteiger partial charge in [-0.25, -0.2) is 19.9 Å². The maximum atomic E-state index is 9.71. The molecule has 0 unspecified atom stereocenters. The van der Waals surface area contributed by atoms with Crippen LogP contribution in [-0.2, 0) is 0 Å². The molecule has 138 valence electrons. The molecule has 30 heavy (non-hydrogen) atoms. The van der Waals surface area contributed by atoms with Crippen LogP contribution in [0.15, 0.2) is 49.1 Å². The molecule has 5 aromatic rings. The van der Waals surface area contributed by atoms with Gasteiger partial charge in [0.1, 0.15) is 23.5 Å². The van der Waals surface area contributed by atoms with Gasteiger partial charge < -0.3 is 0 Å². The third kappa shape index (κ3) is 2.65. The second kappa shape index (κ2) is 6.89. The van der Waals surface area contributed by atoms with E-state index in [2.05, 4.69) is 52.5 Å². The van der Waals surface area contributed by atoms with Crippen LogP contribution >= 0.6 is 0 Å². The number of nitrogens with zero attached hydrogens (tertiary/aromatic N) is 10. The molecule has 10 heteroatoms. The minimum Gasteiger partial charge on any atom is -0.242 e. The fourth-order valence-corrected chi connectivity index (χ4v) is 3.16. The number of rotatable bonds is 2. The summed E-state index contributed by atoms with van der Waals surface area (Å²) in [4.78, 5) is 17.6. The highest BCUT2D eigenvalue weighted by Crippen LogP contribution is 2.32. The second-order valence-corrected chi connectivity index (χ2v) is 6.09. The van der Waals surface area contributed by atoms with E-state index in [1.165, 1.54) is 24.8 Å². The molecule has 5 rings (SSSR count). The van der Waals surface area contributed by atoms with Crippen molar-refractivity contribution >= 4 is 21.8 Å². The van der Waals surface area contributed by atoms with Crippen LogP contribution in [0, 0.1) is 22.7 Å². The van der Waals surface area contributed by atoms with Crippen molar-refractivity contribution in [3.05, 3.63) is 60.2 Å². The van der Waals surface area contributed by atoms with Gasteiger partial charge >= 0.3 is 0 Å². The summed E-state index contributed by atoms with van der Waals surface area (Å²) < 4.78 is 0. The average molecular weight is 388 g/mol. The summed E-state index contributed by atoms with van der Waals surface area (Å²) in [5, 5.41) is 36.1. The van der Waals surface area contributed by atoms with Gasteiger partial charge in [0, 0.05) is 23.2 Å². The molecule has 0 spiro atoms. The quantitative estimate of drug-likeness (QED) is 0.412. The number of hydrogen-bond donors (Lipinski definition) is 0. The molecule has 1 aromatic carbocycles. The number of hydrogen-bond acceptors (Lipinski definition) is 10. The van der Waals surface area contributed by atoms with Crippen LogP contribution in [-0.4, -0.2) is 40.3 Å². The van der Waals surface area contributed by atoms with E-state index >= 15 is 0 Å². The molecule has 4 heterocycles. The van der Waals surface area contributed by atoms with Crippen molar-refractivity contribution in [2.45, 2.75) is 0 Å². The first kappa shape index (κ1) is 17.2. The normalized spacial score (nSPS) is 10.6. The maximum absolute atomic E-state index is 9.71. The van der Waals surface area contributed by atoms with Crippen LogP contribution in [0.2, 0.25) is 0 Å². The molecule has 0 fully saturated rings. The minimum atomic E-state index is 0.235. The predicted octanol–water partition coefficient (Wildman–Crippen LogP) is 2.23. The third-order valence-corrected chi connectivity index (χ3v) is 4.45. The zero-order valence-electron chi connectivity index (χ0n) is 15.1. The highest BCUT2D eigenvalue weighted by molar-refractivity contribution is 6.09. The van der Waals surface area contributed by atoms with Crippen molar-refractivity contribution in [2.75, 3.05) is 0 Å². The third-order valence-electron chi connectivity index (χ3n) is 4.45. The summed E-state index contributed by atoms with van der Waals surface area (Å²) in [7, 11) is 0. The molecular weight excluding hydrogens is 380 g/mol. The number of nitriles is 2. The molecule has 0 saturated carbocycles. The Morgan fingerprint density at radius 3 is 1.43 bits per heavy atom. The van der Waals surface area contributed by atoms with E-state index in [0.717, 1.165) is 0 Å². The Morgan fingerprint density at radius 2 is 1.07 bits per heavy atom. The molecule has 0 radical (unpaired) electrons. The van der Waals surface area contributed by atoms with Crippen LogP contribution in [0.5, 0.6) is 0 Å². The molecule has 0 N–H and O–H groups in total. The Kier molecular flexibility index (Phi) is 3.94. The monoisotopic (exact) mass is 388 g/mol. The van der Waals surface area contributed by atoms with E-state index in [9.17, 15) is 10.5 Å². The summed E-state index contributed by atoms with van der Waals surface area (Å²) in [6.07, 6.45) is 5.97. The zero-order valence-corrected chi connectivity index (χ0v) is 15.1. The Morgan fingerprint density at radius 1 is 0.600 bits per heavy atom. The zero-order chi connectivity index (χ0) is 20.5. The van der Waals surface area contributed by atoms with Crippen LogP contribution in [0.4, 0.5) is 0 Å². The fraction of sp³-hybridized carbons (Fsp3) is 0. The van der Waals surface area contributed by atoms with Crippen LogP contribution in [0.1, 0.15) is 11.1 Å². The van der Waals surface area contributed by atoms with Crippen molar-refractivity contribution in [1.82, 2.24) is 40.3 Å². The first-order chi connectivity index (χ1) is 14.8. The largest absolute Gasteiger partial charge is 0.242 e. The topological polar surface area (TPSA) is 151 Å². The van der Waals surface area contributed by atoms with Gasteiger partial charge in [0.15, 0.2) is 11.6 Å². The lowest BCUT2D eigenvalue weighted by atomic mass is 9.97. The van der Waals surface area contributed by atoms with E-state index in [4.69, 9.17) is 0 Å². The second-order valence-electron chi connectivity index (χ2n) is 6.09. The Labute approximate surface area is 168 Å². The lowest BCUT2D eigenvalue weighted by molar-refractivity contribution is 0.971. The SMILES string of the molecule is N#Cc1c(C#N)c2ccc(-c3nccnn3)nc2c2nc(-c3nccnn3)ccc12. The van der Waals surface area contributed by atoms with E-state index in [1.807, 2.05) is 0 Å². The smallest absolute Gasteiger partial charge is 0.200 e. The molecule has 10 nitrogen and oxygen atoms in total. The lowest BCUT2D eigenvalue weighted by Gasteiger charge is -2.10. The fourth-order valence-electron chi connectivity index (χ4n) is 3.16. The summed E-state index contributed by atoms with van der Waals surface area (Å²) >= 11 is 0. The van der Waals surface area contributed by atoms with Crippen molar-refractivity contribution in [1.29, 1.82) is 10.5 Å². The molecule has 0 aliphatic rings. The average Bonchev–Trinajstić information content (AvgIpc) is 2.83. The number of aromatic nitrogens is 8.